The number of aliphatic hydroxyl groups is 1. The van der Waals surface area contributed by atoms with Gasteiger partial charge in [0, 0.05) is 38.2 Å². The van der Waals surface area contributed by atoms with Crippen molar-refractivity contribution in [3.05, 3.63) is 60.4 Å². The fraction of sp³-hybridized carbons (Fsp3) is 0.333. The molecule has 2 aromatic heterocycles. The Morgan fingerprint density at radius 1 is 1.04 bits per heavy atom. The molecule has 0 fully saturated rings. The third-order valence-electron chi connectivity index (χ3n) is 4.48. The van der Waals surface area contributed by atoms with Gasteiger partial charge < -0.3 is 14.4 Å². The number of aliphatic hydroxyl groups excluding tert-OH is 1. The Bertz CT molecular complexity index is 906. The van der Waals surface area contributed by atoms with E-state index in [0.29, 0.717) is 18.1 Å². The number of ether oxygens (including phenoxy) is 1. The van der Waals surface area contributed by atoms with Crippen LogP contribution in [0, 0.1) is 5.82 Å². The van der Waals surface area contributed by atoms with Crippen molar-refractivity contribution in [2.45, 2.75) is 39.0 Å². The minimum absolute atomic E-state index is 0.212. The van der Waals surface area contributed by atoms with Gasteiger partial charge in [0.15, 0.2) is 0 Å². The van der Waals surface area contributed by atoms with Gasteiger partial charge in [-0.15, -0.1) is 0 Å². The average molecular weight is 400 g/mol. The van der Waals surface area contributed by atoms with Crippen molar-refractivity contribution in [2.75, 3.05) is 6.61 Å². The second-order valence-electron chi connectivity index (χ2n) is 7.90. The summed E-state index contributed by atoms with van der Waals surface area (Å²) in [5.41, 5.74) is 3.20. The summed E-state index contributed by atoms with van der Waals surface area (Å²) < 4.78 is 21.3. The molecule has 3 rings (SSSR count). The van der Waals surface area contributed by atoms with Crippen molar-refractivity contribution in [3.8, 4) is 22.5 Å². The summed E-state index contributed by atoms with van der Waals surface area (Å²) in [6.45, 7) is 7.64. The van der Waals surface area contributed by atoms with Crippen LogP contribution in [0.3, 0.4) is 0 Å². The summed E-state index contributed by atoms with van der Waals surface area (Å²) in [6, 6.07) is 11.1. The van der Waals surface area contributed by atoms with Crippen LogP contribution in [0.5, 0.6) is 0 Å². The maximum atomic E-state index is 13.5. The monoisotopic (exact) mass is 399 g/mol. The van der Waals surface area contributed by atoms with Crippen LogP contribution in [0.15, 0.2) is 48.8 Å². The molecule has 0 aliphatic rings. The lowest BCUT2D eigenvalue weighted by molar-refractivity contribution is 0.0828. The van der Waals surface area contributed by atoms with Crippen molar-refractivity contribution in [3.63, 3.8) is 0 Å². The molecule has 28 heavy (non-hydrogen) atoms. The fourth-order valence-electron chi connectivity index (χ4n) is 2.90. The van der Waals surface area contributed by atoms with Crippen molar-refractivity contribution in [1.29, 1.82) is 0 Å². The normalized spacial score (nSPS) is 11.8. The molecule has 5 nitrogen and oxygen atoms in total. The highest BCUT2D eigenvalue weighted by Crippen LogP contribution is 2.33. The Hall–Kier alpha value is -2.35. The predicted molar refractivity (Wildman–Crippen MR) is 111 cm³/mol. The molecule has 0 aliphatic carbocycles. The Morgan fingerprint density at radius 2 is 1.71 bits per heavy atom. The first kappa shape index (κ1) is 20.4. The molecule has 0 radical (unpaired) electrons. The Kier molecular flexibility index (Phi) is 6.38. The number of benzene rings is 1. The molecule has 0 aliphatic heterocycles. The van der Waals surface area contributed by atoms with E-state index < -0.39 is 8.07 Å². The second-order valence-corrected chi connectivity index (χ2v) is 13.5. The van der Waals surface area contributed by atoms with E-state index in [2.05, 4.69) is 29.6 Å². The van der Waals surface area contributed by atoms with Gasteiger partial charge in [0.05, 0.1) is 11.4 Å². The number of nitrogens with zero attached hydrogens (tertiary/aromatic N) is 3. The van der Waals surface area contributed by atoms with E-state index in [0.717, 1.165) is 22.9 Å². The van der Waals surface area contributed by atoms with E-state index in [9.17, 15) is 9.50 Å². The highest BCUT2D eigenvalue weighted by Gasteiger charge is 2.20. The van der Waals surface area contributed by atoms with Crippen LogP contribution in [-0.4, -0.2) is 34.3 Å². The maximum absolute atomic E-state index is 13.5. The summed E-state index contributed by atoms with van der Waals surface area (Å²) in [6.07, 6.45) is 3.40. The van der Waals surface area contributed by atoms with Crippen LogP contribution in [-0.2, 0) is 18.1 Å². The van der Waals surface area contributed by atoms with Gasteiger partial charge in [-0.05, 0) is 42.4 Å². The largest absolute Gasteiger partial charge is 0.388 e. The Balaban J connectivity index is 2.01. The van der Waals surface area contributed by atoms with Crippen molar-refractivity contribution < 1.29 is 14.2 Å². The molecule has 7 heteroatoms. The number of pyridine rings is 1. The standard InChI is InChI=1S/C21H26FN3O2Si/c1-28(2,3)13-12-27-15-25-19(14-26)24-20(16-8-10-23-11-9-16)21(25)17-4-6-18(22)7-5-17/h4-11,26H,12-15H2,1-3H3. The summed E-state index contributed by atoms with van der Waals surface area (Å²) >= 11 is 0. The Labute approximate surface area is 165 Å². The van der Waals surface area contributed by atoms with Crippen LogP contribution in [0.1, 0.15) is 5.82 Å². The molecular weight excluding hydrogens is 373 g/mol. The number of rotatable bonds is 8. The minimum Gasteiger partial charge on any atom is -0.388 e. The molecule has 1 aromatic carbocycles. The predicted octanol–water partition coefficient (Wildman–Crippen LogP) is 4.56. The van der Waals surface area contributed by atoms with Crippen LogP contribution in [0.25, 0.3) is 22.5 Å². The van der Waals surface area contributed by atoms with Gasteiger partial charge in [-0.2, -0.15) is 0 Å². The van der Waals surface area contributed by atoms with Gasteiger partial charge in [0.25, 0.3) is 0 Å². The number of aromatic nitrogens is 3. The molecule has 3 aromatic rings. The highest BCUT2D eigenvalue weighted by atomic mass is 28.3. The van der Waals surface area contributed by atoms with E-state index in [1.165, 1.54) is 12.1 Å². The SMILES string of the molecule is C[Si](C)(C)CCOCn1c(CO)nc(-c2ccncc2)c1-c1ccc(F)cc1. The van der Waals surface area contributed by atoms with Crippen LogP contribution in [0.4, 0.5) is 4.39 Å². The topological polar surface area (TPSA) is 60.2 Å². The molecule has 0 bridgehead atoms. The van der Waals surface area contributed by atoms with Gasteiger partial charge in [-0.25, -0.2) is 9.37 Å². The van der Waals surface area contributed by atoms with E-state index >= 15 is 0 Å². The molecule has 2 heterocycles. The first-order valence-corrected chi connectivity index (χ1v) is 13.0. The molecule has 0 spiro atoms. The van der Waals surface area contributed by atoms with Crippen molar-refractivity contribution in [1.82, 2.24) is 14.5 Å². The molecule has 1 N–H and O–H groups in total. The molecular formula is C21H26FN3O2Si. The number of hydrogen-bond acceptors (Lipinski definition) is 4. The third-order valence-corrected chi connectivity index (χ3v) is 6.18. The maximum Gasteiger partial charge on any atom is 0.137 e. The van der Waals surface area contributed by atoms with Crippen molar-refractivity contribution >= 4 is 8.07 Å². The van der Waals surface area contributed by atoms with E-state index in [4.69, 9.17) is 4.74 Å². The summed E-state index contributed by atoms with van der Waals surface area (Å²) in [7, 11) is -1.20. The average Bonchev–Trinajstić information content (AvgIpc) is 3.04. The van der Waals surface area contributed by atoms with E-state index in [1.54, 1.807) is 24.5 Å². The zero-order valence-corrected chi connectivity index (χ0v) is 17.5. The summed E-state index contributed by atoms with van der Waals surface area (Å²) in [5.74, 6) is 0.216. The van der Waals surface area contributed by atoms with Gasteiger partial charge in [0.1, 0.15) is 25.0 Å². The third kappa shape index (κ3) is 4.92. The number of imidazole rings is 1. The second kappa shape index (κ2) is 8.77. The highest BCUT2D eigenvalue weighted by molar-refractivity contribution is 6.76. The lowest BCUT2D eigenvalue weighted by Crippen LogP contribution is -2.22. The minimum atomic E-state index is -1.20. The van der Waals surface area contributed by atoms with Gasteiger partial charge in [-0.3, -0.25) is 4.98 Å². The fourth-order valence-corrected chi connectivity index (χ4v) is 3.66. The molecule has 148 valence electrons. The molecule has 0 amide bonds. The number of halogens is 1. The molecule has 0 unspecified atom stereocenters. The van der Waals surface area contributed by atoms with Crippen LogP contribution < -0.4 is 0 Å². The first-order valence-electron chi connectivity index (χ1n) is 9.33. The van der Waals surface area contributed by atoms with Gasteiger partial charge >= 0.3 is 0 Å². The van der Waals surface area contributed by atoms with Crippen molar-refractivity contribution in [2.24, 2.45) is 0 Å². The van der Waals surface area contributed by atoms with E-state index in [1.807, 2.05) is 16.7 Å². The quantitative estimate of drug-likeness (QED) is 0.446. The molecule has 0 saturated heterocycles. The lowest BCUT2D eigenvalue weighted by atomic mass is 10.1. The molecule has 0 atom stereocenters. The van der Waals surface area contributed by atoms with Gasteiger partial charge in [0.2, 0.25) is 0 Å². The van der Waals surface area contributed by atoms with Gasteiger partial charge in [-0.1, -0.05) is 19.6 Å². The lowest BCUT2D eigenvalue weighted by Gasteiger charge is -2.17. The Morgan fingerprint density at radius 3 is 2.32 bits per heavy atom. The summed E-state index contributed by atoms with van der Waals surface area (Å²) in [4.78, 5) is 8.71. The first-order chi connectivity index (χ1) is 13.4. The van der Waals surface area contributed by atoms with E-state index in [-0.39, 0.29) is 19.2 Å². The van der Waals surface area contributed by atoms with Crippen LogP contribution in [0.2, 0.25) is 25.7 Å². The van der Waals surface area contributed by atoms with Crippen LogP contribution >= 0.6 is 0 Å². The molecule has 0 saturated carbocycles. The smallest absolute Gasteiger partial charge is 0.137 e. The number of hydrogen-bond donors (Lipinski definition) is 1. The zero-order chi connectivity index (χ0) is 20.1. The summed E-state index contributed by atoms with van der Waals surface area (Å²) in [5, 5.41) is 9.88. The zero-order valence-electron chi connectivity index (χ0n) is 16.5.